The van der Waals surface area contributed by atoms with Crippen LogP contribution in [0.3, 0.4) is 0 Å². The van der Waals surface area contributed by atoms with Gasteiger partial charge in [0.2, 0.25) is 0 Å². The number of anilines is 3. The lowest BCUT2D eigenvalue weighted by atomic mass is 10.1. The molecule has 168 valence electrons. The molecule has 2 aromatic heterocycles. The zero-order valence-electron chi connectivity index (χ0n) is 16.9. The molecule has 0 aliphatic carbocycles. The fourth-order valence-corrected chi connectivity index (χ4v) is 3.22. The van der Waals surface area contributed by atoms with Crippen LogP contribution >= 0.6 is 23.4 Å². The van der Waals surface area contributed by atoms with E-state index in [1.54, 1.807) is 13.2 Å². The Morgan fingerprint density at radius 2 is 1.97 bits per heavy atom. The molecule has 0 saturated carbocycles. The van der Waals surface area contributed by atoms with Gasteiger partial charge in [0.05, 0.1) is 23.1 Å². The number of aromatic nitrogens is 3. The summed E-state index contributed by atoms with van der Waals surface area (Å²) in [6, 6.07) is 5.70. The molecule has 0 fully saturated rings. The Bertz CT molecular complexity index is 1130. The second kappa shape index (κ2) is 10.0. The van der Waals surface area contributed by atoms with Crippen molar-refractivity contribution in [1.29, 1.82) is 0 Å². The molecule has 0 saturated heterocycles. The summed E-state index contributed by atoms with van der Waals surface area (Å²) >= 11 is 7.56. The van der Waals surface area contributed by atoms with Gasteiger partial charge in [-0.05, 0) is 30.5 Å². The first-order valence-electron chi connectivity index (χ1n) is 9.17. The molecule has 0 atom stereocenters. The number of carbonyl (C=O) groups excluding carboxylic acids is 1. The van der Waals surface area contributed by atoms with Crippen molar-refractivity contribution in [3.8, 4) is 0 Å². The van der Waals surface area contributed by atoms with Crippen LogP contribution in [0.1, 0.15) is 21.5 Å². The normalized spacial score (nSPS) is 11.2. The molecule has 3 rings (SSSR count). The Morgan fingerprint density at radius 3 is 2.66 bits per heavy atom. The number of pyridine rings is 1. The molecule has 3 N–H and O–H groups in total. The standard InChI is InChI=1S/C20H18ClF3N6OS/c1-25-17-12(9-28-19(30-17)32-2)8-26-15-7-14(10-27-16(15)21)29-18(31)11-4-3-5-13(6-11)20(22,23)24/h3-7,9-10,26H,8H2,1-2H3,(H,29,31)(H,25,28,30). The van der Waals surface area contributed by atoms with Crippen LogP contribution in [0.5, 0.6) is 0 Å². The lowest BCUT2D eigenvalue weighted by Gasteiger charge is -2.13. The van der Waals surface area contributed by atoms with Gasteiger partial charge >= 0.3 is 6.18 Å². The van der Waals surface area contributed by atoms with Crippen molar-refractivity contribution in [2.45, 2.75) is 17.9 Å². The number of thioether (sulfide) groups is 1. The molecule has 0 bridgehead atoms. The number of hydrogen-bond donors (Lipinski definition) is 3. The Balaban J connectivity index is 1.74. The lowest BCUT2D eigenvalue weighted by molar-refractivity contribution is -0.137. The SMILES string of the molecule is CNc1nc(SC)ncc1CNc1cc(NC(=O)c2cccc(C(F)(F)F)c2)cnc1Cl. The summed E-state index contributed by atoms with van der Waals surface area (Å²) in [6.07, 6.45) is 0.323. The highest BCUT2D eigenvalue weighted by Gasteiger charge is 2.30. The van der Waals surface area contributed by atoms with Crippen LogP contribution in [-0.2, 0) is 12.7 Å². The van der Waals surface area contributed by atoms with E-state index in [1.165, 1.54) is 36.2 Å². The van der Waals surface area contributed by atoms with Gasteiger partial charge in [0, 0.05) is 30.9 Å². The molecule has 0 unspecified atom stereocenters. The lowest BCUT2D eigenvalue weighted by Crippen LogP contribution is -2.14. The highest BCUT2D eigenvalue weighted by molar-refractivity contribution is 7.98. The first-order valence-corrected chi connectivity index (χ1v) is 10.8. The molecular formula is C20H18ClF3N6OS. The summed E-state index contributed by atoms with van der Waals surface area (Å²) in [5, 5.41) is 9.42. The number of halogens is 4. The molecule has 32 heavy (non-hydrogen) atoms. The van der Waals surface area contributed by atoms with Crippen molar-refractivity contribution in [3.05, 3.63) is 64.6 Å². The molecule has 0 aliphatic heterocycles. The van der Waals surface area contributed by atoms with Crippen LogP contribution in [0.15, 0.2) is 47.9 Å². The monoisotopic (exact) mass is 482 g/mol. The van der Waals surface area contributed by atoms with Crippen molar-refractivity contribution in [2.24, 2.45) is 0 Å². The number of hydrogen-bond acceptors (Lipinski definition) is 7. The van der Waals surface area contributed by atoms with Crippen LogP contribution in [0.4, 0.5) is 30.4 Å². The number of nitrogens with one attached hydrogen (secondary N) is 3. The van der Waals surface area contributed by atoms with E-state index >= 15 is 0 Å². The highest BCUT2D eigenvalue weighted by Crippen LogP contribution is 2.30. The summed E-state index contributed by atoms with van der Waals surface area (Å²) in [6.45, 7) is 0.317. The molecule has 0 aliphatic rings. The van der Waals surface area contributed by atoms with Gasteiger partial charge in [0.25, 0.3) is 5.91 Å². The van der Waals surface area contributed by atoms with Gasteiger partial charge in [-0.25, -0.2) is 15.0 Å². The predicted octanol–water partition coefficient (Wildman–Crippen LogP) is 5.17. The minimum absolute atomic E-state index is 0.131. The first-order chi connectivity index (χ1) is 15.2. The fraction of sp³-hybridized carbons (Fsp3) is 0.200. The van der Waals surface area contributed by atoms with Crippen molar-refractivity contribution in [2.75, 3.05) is 29.3 Å². The van der Waals surface area contributed by atoms with Crippen molar-refractivity contribution in [3.63, 3.8) is 0 Å². The van der Waals surface area contributed by atoms with E-state index in [1.807, 2.05) is 6.26 Å². The van der Waals surface area contributed by atoms with Gasteiger partial charge in [0.1, 0.15) is 5.82 Å². The molecule has 7 nitrogen and oxygen atoms in total. The minimum atomic E-state index is -4.54. The van der Waals surface area contributed by atoms with Gasteiger partial charge in [-0.3, -0.25) is 4.79 Å². The molecule has 0 radical (unpaired) electrons. The molecule has 1 amide bonds. The molecular weight excluding hydrogens is 465 g/mol. The summed E-state index contributed by atoms with van der Waals surface area (Å²) in [4.78, 5) is 25.1. The number of alkyl halides is 3. The van der Waals surface area contributed by atoms with E-state index in [9.17, 15) is 18.0 Å². The Kier molecular flexibility index (Phi) is 7.41. The summed E-state index contributed by atoms with van der Waals surface area (Å²) in [5.74, 6) is -0.0559. The quantitative estimate of drug-likeness (QED) is 0.243. The Labute approximate surface area is 191 Å². The maximum absolute atomic E-state index is 12.9. The Morgan fingerprint density at radius 1 is 1.19 bits per heavy atom. The highest BCUT2D eigenvalue weighted by atomic mass is 35.5. The van der Waals surface area contributed by atoms with E-state index in [4.69, 9.17) is 11.6 Å². The van der Waals surface area contributed by atoms with E-state index in [-0.39, 0.29) is 16.4 Å². The van der Waals surface area contributed by atoms with Crippen LogP contribution < -0.4 is 16.0 Å². The van der Waals surface area contributed by atoms with Crippen molar-refractivity contribution < 1.29 is 18.0 Å². The summed E-state index contributed by atoms with van der Waals surface area (Å²) in [7, 11) is 1.74. The van der Waals surface area contributed by atoms with Crippen molar-refractivity contribution in [1.82, 2.24) is 15.0 Å². The summed E-state index contributed by atoms with van der Waals surface area (Å²) in [5.41, 5.74) is 0.428. The third-order valence-electron chi connectivity index (χ3n) is 4.28. The molecule has 3 aromatic rings. The first kappa shape index (κ1) is 23.6. The largest absolute Gasteiger partial charge is 0.416 e. The minimum Gasteiger partial charge on any atom is -0.378 e. The third-order valence-corrected chi connectivity index (χ3v) is 5.14. The van der Waals surface area contributed by atoms with E-state index in [0.29, 0.717) is 23.2 Å². The van der Waals surface area contributed by atoms with Gasteiger partial charge in [-0.2, -0.15) is 13.2 Å². The number of benzene rings is 1. The Hall–Kier alpha value is -3.05. The molecule has 1 aromatic carbocycles. The van der Waals surface area contributed by atoms with Crippen molar-refractivity contribution >= 4 is 46.5 Å². The van der Waals surface area contributed by atoms with Gasteiger partial charge in [0.15, 0.2) is 10.3 Å². The van der Waals surface area contributed by atoms with E-state index < -0.39 is 17.6 Å². The van der Waals surface area contributed by atoms with Crippen LogP contribution in [0.25, 0.3) is 0 Å². The third kappa shape index (κ3) is 5.80. The average molecular weight is 483 g/mol. The number of carbonyl (C=O) groups is 1. The molecule has 2 heterocycles. The second-order valence-electron chi connectivity index (χ2n) is 6.43. The molecule has 0 spiro atoms. The van der Waals surface area contributed by atoms with Crippen LogP contribution in [0.2, 0.25) is 5.15 Å². The molecule has 12 heteroatoms. The summed E-state index contributed by atoms with van der Waals surface area (Å²) < 4.78 is 38.7. The van der Waals surface area contributed by atoms with E-state index in [2.05, 4.69) is 30.9 Å². The van der Waals surface area contributed by atoms with Gasteiger partial charge in [-0.15, -0.1) is 0 Å². The zero-order valence-corrected chi connectivity index (χ0v) is 18.5. The van der Waals surface area contributed by atoms with E-state index in [0.717, 1.165) is 17.7 Å². The number of nitrogens with zero attached hydrogens (tertiary/aromatic N) is 3. The second-order valence-corrected chi connectivity index (χ2v) is 7.56. The number of rotatable bonds is 7. The zero-order chi connectivity index (χ0) is 23.3. The average Bonchev–Trinajstić information content (AvgIpc) is 2.78. The smallest absolute Gasteiger partial charge is 0.378 e. The van der Waals surface area contributed by atoms with Crippen LogP contribution in [0, 0.1) is 0 Å². The predicted molar refractivity (Wildman–Crippen MR) is 119 cm³/mol. The maximum Gasteiger partial charge on any atom is 0.416 e. The topological polar surface area (TPSA) is 91.8 Å². The van der Waals surface area contributed by atoms with Gasteiger partial charge < -0.3 is 16.0 Å². The fourth-order valence-electron chi connectivity index (χ4n) is 2.71. The van der Waals surface area contributed by atoms with Gasteiger partial charge in [-0.1, -0.05) is 29.4 Å². The number of amides is 1. The van der Waals surface area contributed by atoms with Crippen LogP contribution in [-0.4, -0.2) is 34.2 Å². The maximum atomic E-state index is 12.9.